The summed E-state index contributed by atoms with van der Waals surface area (Å²) in [6, 6.07) is 8.46. The van der Waals surface area contributed by atoms with E-state index in [1.54, 1.807) is 23.5 Å². The number of halogens is 1. The fourth-order valence-corrected chi connectivity index (χ4v) is 2.25. The normalized spacial score (nSPS) is 10.5. The smallest absolute Gasteiger partial charge is 0.123 e. The summed E-state index contributed by atoms with van der Waals surface area (Å²) in [7, 11) is 0. The molecule has 0 atom stereocenters. The molecule has 1 N–H and O–H groups in total. The minimum absolute atomic E-state index is 0.0776. The summed E-state index contributed by atoms with van der Waals surface area (Å²) in [6.45, 7) is 0.0776. The Hall–Kier alpha value is -1.19. The Bertz CT molecular complexity index is 433. The van der Waals surface area contributed by atoms with Gasteiger partial charge in [-0.1, -0.05) is 12.1 Å². The molecule has 15 heavy (non-hydrogen) atoms. The van der Waals surface area contributed by atoms with Crippen molar-refractivity contribution < 1.29 is 9.50 Å². The summed E-state index contributed by atoms with van der Waals surface area (Å²) in [4.78, 5) is 0.985. The van der Waals surface area contributed by atoms with Crippen LogP contribution in [0.25, 0.3) is 0 Å². The number of thiophene rings is 1. The minimum atomic E-state index is -0.216. The van der Waals surface area contributed by atoms with Gasteiger partial charge in [-0.15, -0.1) is 11.3 Å². The number of hydrogen-bond donors (Lipinski definition) is 1. The van der Waals surface area contributed by atoms with E-state index >= 15 is 0 Å². The molecule has 1 heterocycles. The molecular formula is C12H11FOS. The second-order valence-corrected chi connectivity index (χ2v) is 4.33. The fourth-order valence-electron chi connectivity index (χ4n) is 1.49. The zero-order valence-corrected chi connectivity index (χ0v) is 8.93. The van der Waals surface area contributed by atoms with E-state index in [4.69, 9.17) is 5.11 Å². The average Bonchev–Trinajstić information content (AvgIpc) is 2.69. The predicted molar refractivity (Wildman–Crippen MR) is 59.4 cm³/mol. The molecule has 0 fully saturated rings. The van der Waals surface area contributed by atoms with E-state index in [2.05, 4.69) is 0 Å². The first-order chi connectivity index (χ1) is 7.29. The summed E-state index contributed by atoms with van der Waals surface area (Å²) >= 11 is 1.55. The maximum Gasteiger partial charge on any atom is 0.123 e. The van der Waals surface area contributed by atoms with E-state index in [9.17, 15) is 4.39 Å². The van der Waals surface area contributed by atoms with Crippen LogP contribution in [-0.4, -0.2) is 5.11 Å². The van der Waals surface area contributed by atoms with Crippen LogP contribution in [0.1, 0.15) is 16.0 Å². The molecule has 2 rings (SSSR count). The summed E-state index contributed by atoms with van der Waals surface area (Å²) in [6.07, 6.45) is 0.750. The van der Waals surface area contributed by atoms with E-state index in [0.717, 1.165) is 22.4 Å². The monoisotopic (exact) mass is 222 g/mol. The van der Waals surface area contributed by atoms with Gasteiger partial charge in [-0.25, -0.2) is 4.39 Å². The van der Waals surface area contributed by atoms with Gasteiger partial charge in [0.05, 0.1) is 6.61 Å². The Labute approximate surface area is 91.8 Å². The molecule has 0 aliphatic heterocycles. The van der Waals surface area contributed by atoms with Crippen molar-refractivity contribution >= 4 is 11.3 Å². The zero-order chi connectivity index (χ0) is 10.7. The maximum atomic E-state index is 12.7. The van der Waals surface area contributed by atoms with Crippen molar-refractivity contribution in [3.8, 4) is 0 Å². The lowest BCUT2D eigenvalue weighted by Gasteiger charge is -2.01. The molecule has 1 nitrogen and oxygen atoms in total. The van der Waals surface area contributed by atoms with Crippen LogP contribution in [0.15, 0.2) is 35.7 Å². The molecule has 1 aromatic carbocycles. The van der Waals surface area contributed by atoms with Gasteiger partial charge in [0.2, 0.25) is 0 Å². The third-order valence-corrected chi connectivity index (χ3v) is 3.24. The van der Waals surface area contributed by atoms with Crippen LogP contribution in [0.2, 0.25) is 0 Å². The van der Waals surface area contributed by atoms with Gasteiger partial charge in [-0.3, -0.25) is 0 Å². The van der Waals surface area contributed by atoms with Crippen LogP contribution in [-0.2, 0) is 13.0 Å². The predicted octanol–water partition coefficient (Wildman–Crippen LogP) is 2.97. The fraction of sp³-hybridized carbons (Fsp3) is 0.167. The Balaban J connectivity index is 2.18. The van der Waals surface area contributed by atoms with Gasteiger partial charge < -0.3 is 5.11 Å². The highest BCUT2D eigenvalue weighted by molar-refractivity contribution is 7.10. The first-order valence-corrected chi connectivity index (χ1v) is 5.58. The quantitative estimate of drug-likeness (QED) is 0.846. The van der Waals surface area contributed by atoms with Crippen LogP contribution < -0.4 is 0 Å². The van der Waals surface area contributed by atoms with E-state index in [1.165, 1.54) is 12.1 Å². The molecule has 0 spiro atoms. The SMILES string of the molecule is OCc1sccc1Cc1ccc(F)cc1. The molecule has 0 bridgehead atoms. The van der Waals surface area contributed by atoms with E-state index in [1.807, 2.05) is 11.4 Å². The maximum absolute atomic E-state index is 12.7. The lowest BCUT2D eigenvalue weighted by molar-refractivity contribution is 0.284. The Morgan fingerprint density at radius 1 is 1.13 bits per heavy atom. The van der Waals surface area contributed by atoms with Gasteiger partial charge >= 0.3 is 0 Å². The van der Waals surface area contributed by atoms with Gasteiger partial charge in [-0.2, -0.15) is 0 Å². The molecule has 0 saturated carbocycles. The third-order valence-electron chi connectivity index (χ3n) is 2.29. The van der Waals surface area contributed by atoms with Gasteiger partial charge in [0.25, 0.3) is 0 Å². The molecule has 0 aliphatic carbocycles. The van der Waals surface area contributed by atoms with Crippen molar-refractivity contribution in [1.82, 2.24) is 0 Å². The molecule has 0 aliphatic rings. The lowest BCUT2D eigenvalue weighted by atomic mass is 10.1. The molecule has 0 radical (unpaired) electrons. The standard InChI is InChI=1S/C12H11FOS/c13-11-3-1-9(2-4-11)7-10-5-6-15-12(10)8-14/h1-6,14H,7-8H2. The number of aliphatic hydroxyl groups is 1. The van der Waals surface area contributed by atoms with Crippen molar-refractivity contribution in [2.45, 2.75) is 13.0 Å². The largest absolute Gasteiger partial charge is 0.391 e. The van der Waals surface area contributed by atoms with Crippen molar-refractivity contribution in [2.24, 2.45) is 0 Å². The zero-order valence-electron chi connectivity index (χ0n) is 8.11. The van der Waals surface area contributed by atoms with E-state index in [0.29, 0.717) is 0 Å². The Kier molecular flexibility index (Phi) is 3.14. The molecule has 0 saturated heterocycles. The summed E-state index contributed by atoms with van der Waals surface area (Å²) in [5.41, 5.74) is 2.18. The topological polar surface area (TPSA) is 20.2 Å². The molecule has 3 heteroatoms. The number of hydrogen-bond acceptors (Lipinski definition) is 2. The van der Waals surface area contributed by atoms with Crippen molar-refractivity contribution in [1.29, 1.82) is 0 Å². The average molecular weight is 222 g/mol. The number of benzene rings is 1. The van der Waals surface area contributed by atoms with E-state index in [-0.39, 0.29) is 12.4 Å². The third kappa shape index (κ3) is 2.43. The van der Waals surface area contributed by atoms with Crippen molar-refractivity contribution in [3.63, 3.8) is 0 Å². The van der Waals surface area contributed by atoms with Crippen LogP contribution in [0.3, 0.4) is 0 Å². The number of aliphatic hydroxyl groups excluding tert-OH is 1. The molecule has 0 unspecified atom stereocenters. The highest BCUT2D eigenvalue weighted by Crippen LogP contribution is 2.20. The van der Waals surface area contributed by atoms with Crippen molar-refractivity contribution in [3.05, 3.63) is 57.5 Å². The second kappa shape index (κ2) is 4.55. The highest BCUT2D eigenvalue weighted by atomic mass is 32.1. The first-order valence-electron chi connectivity index (χ1n) is 4.70. The van der Waals surface area contributed by atoms with Crippen LogP contribution in [0.5, 0.6) is 0 Å². The first kappa shape index (κ1) is 10.3. The summed E-state index contributed by atoms with van der Waals surface area (Å²) in [5.74, 6) is -0.216. The second-order valence-electron chi connectivity index (χ2n) is 3.33. The summed E-state index contributed by atoms with van der Waals surface area (Å²) < 4.78 is 12.7. The van der Waals surface area contributed by atoms with Gasteiger partial charge in [0.15, 0.2) is 0 Å². The number of rotatable bonds is 3. The molecule has 0 amide bonds. The minimum Gasteiger partial charge on any atom is -0.391 e. The van der Waals surface area contributed by atoms with Gasteiger partial charge in [-0.05, 0) is 41.1 Å². The van der Waals surface area contributed by atoms with Crippen LogP contribution in [0.4, 0.5) is 4.39 Å². The molecule has 78 valence electrons. The Morgan fingerprint density at radius 2 is 1.87 bits per heavy atom. The summed E-state index contributed by atoms with van der Waals surface area (Å²) in [5, 5.41) is 11.0. The highest BCUT2D eigenvalue weighted by Gasteiger charge is 2.04. The van der Waals surface area contributed by atoms with Crippen LogP contribution in [0, 0.1) is 5.82 Å². The molecular weight excluding hydrogens is 211 g/mol. The van der Waals surface area contributed by atoms with Crippen LogP contribution >= 0.6 is 11.3 Å². The molecule has 2 aromatic rings. The van der Waals surface area contributed by atoms with Gasteiger partial charge in [0, 0.05) is 4.88 Å². The van der Waals surface area contributed by atoms with Gasteiger partial charge in [0.1, 0.15) is 5.82 Å². The lowest BCUT2D eigenvalue weighted by Crippen LogP contribution is -1.90. The Morgan fingerprint density at radius 3 is 2.53 bits per heavy atom. The molecule has 1 aromatic heterocycles. The van der Waals surface area contributed by atoms with Crippen molar-refractivity contribution in [2.75, 3.05) is 0 Å². The van der Waals surface area contributed by atoms with E-state index < -0.39 is 0 Å².